The van der Waals surface area contributed by atoms with Gasteiger partial charge in [-0.15, -0.1) is 0 Å². The molecule has 2 amide bonds. The molecule has 0 aliphatic heterocycles. The van der Waals surface area contributed by atoms with Crippen molar-refractivity contribution in [3.63, 3.8) is 0 Å². The third kappa shape index (κ3) is 5.75. The lowest BCUT2D eigenvalue weighted by Crippen LogP contribution is -2.89. The van der Waals surface area contributed by atoms with Crippen molar-refractivity contribution in [3.05, 3.63) is 95.8 Å². The van der Waals surface area contributed by atoms with E-state index in [9.17, 15) is 14.0 Å². The van der Waals surface area contributed by atoms with Crippen molar-refractivity contribution in [3.8, 4) is 0 Å². The molecule has 0 unspecified atom stereocenters. The highest BCUT2D eigenvalue weighted by Crippen LogP contribution is 2.16. The molecule has 0 radical (unpaired) electrons. The second-order valence-corrected chi connectivity index (χ2v) is 6.88. The summed E-state index contributed by atoms with van der Waals surface area (Å²) < 4.78 is 13.1. The van der Waals surface area contributed by atoms with Gasteiger partial charge >= 0.3 is 0 Å². The molecule has 0 heterocycles. The standard InChI is InChI=1S/C24H24FN3O2/c1-2-17-8-6-7-11-21(17)28-22(29)16-26-23(18-9-4-3-5-10-18)24(30)27-20-14-12-19(25)13-15-20/h3-15,23,26H,2,16H2,1H3,(H,27,30)(H,28,29)/p+1/t23-/m1/s1. The maximum Gasteiger partial charge on any atom is 0.287 e. The molecule has 0 aromatic heterocycles. The van der Waals surface area contributed by atoms with Crippen LogP contribution in [0.4, 0.5) is 15.8 Å². The lowest BCUT2D eigenvalue weighted by molar-refractivity contribution is -0.671. The second kappa shape index (κ2) is 10.3. The number of carbonyl (C=O) groups is 2. The Hall–Kier alpha value is -3.51. The van der Waals surface area contributed by atoms with Crippen molar-refractivity contribution in [1.29, 1.82) is 0 Å². The van der Waals surface area contributed by atoms with E-state index in [1.807, 2.05) is 61.5 Å². The van der Waals surface area contributed by atoms with Crippen LogP contribution in [0.3, 0.4) is 0 Å². The van der Waals surface area contributed by atoms with E-state index in [2.05, 4.69) is 10.6 Å². The summed E-state index contributed by atoms with van der Waals surface area (Å²) in [5.41, 5.74) is 3.11. The molecule has 3 aromatic rings. The first-order valence-corrected chi connectivity index (χ1v) is 9.89. The quantitative estimate of drug-likeness (QED) is 0.537. The minimum absolute atomic E-state index is 0.0778. The molecule has 4 N–H and O–H groups in total. The van der Waals surface area contributed by atoms with Crippen LogP contribution in [-0.4, -0.2) is 18.4 Å². The Kier molecular flexibility index (Phi) is 7.29. The maximum atomic E-state index is 13.1. The van der Waals surface area contributed by atoms with Gasteiger partial charge in [0.25, 0.3) is 11.8 Å². The average molecular weight is 406 g/mol. The molecular weight excluding hydrogens is 381 g/mol. The summed E-state index contributed by atoms with van der Waals surface area (Å²) in [7, 11) is 0. The summed E-state index contributed by atoms with van der Waals surface area (Å²) in [6, 6.07) is 21.9. The molecule has 0 fully saturated rings. The Morgan fingerprint density at radius 2 is 1.57 bits per heavy atom. The molecule has 0 saturated carbocycles. The number of hydrogen-bond acceptors (Lipinski definition) is 2. The Bertz CT molecular complexity index is 991. The molecule has 6 heteroatoms. The number of nitrogens with two attached hydrogens (primary N) is 1. The van der Waals surface area contributed by atoms with E-state index in [1.165, 1.54) is 24.3 Å². The van der Waals surface area contributed by atoms with Gasteiger partial charge in [0.1, 0.15) is 5.82 Å². The number of quaternary nitrogens is 1. The first kappa shape index (κ1) is 21.2. The smallest absolute Gasteiger partial charge is 0.287 e. The number of para-hydroxylation sites is 1. The lowest BCUT2D eigenvalue weighted by Gasteiger charge is -2.16. The normalized spacial score (nSPS) is 11.5. The fourth-order valence-corrected chi connectivity index (χ4v) is 3.18. The van der Waals surface area contributed by atoms with E-state index in [1.54, 1.807) is 5.32 Å². The van der Waals surface area contributed by atoms with Crippen molar-refractivity contribution in [2.24, 2.45) is 0 Å². The molecule has 0 bridgehead atoms. The molecule has 0 spiro atoms. The molecule has 3 rings (SSSR count). The number of aryl methyl sites for hydroxylation is 1. The van der Waals surface area contributed by atoms with E-state index < -0.39 is 6.04 Å². The van der Waals surface area contributed by atoms with Gasteiger partial charge in [0.2, 0.25) is 0 Å². The van der Waals surface area contributed by atoms with Crippen LogP contribution in [0.15, 0.2) is 78.9 Å². The molecule has 154 valence electrons. The zero-order chi connectivity index (χ0) is 21.3. The Morgan fingerprint density at radius 1 is 0.900 bits per heavy atom. The number of benzene rings is 3. The van der Waals surface area contributed by atoms with Gasteiger partial charge in [-0.1, -0.05) is 55.5 Å². The Labute approximate surface area is 175 Å². The van der Waals surface area contributed by atoms with Crippen molar-refractivity contribution in [2.45, 2.75) is 19.4 Å². The molecule has 30 heavy (non-hydrogen) atoms. The van der Waals surface area contributed by atoms with E-state index in [0.29, 0.717) is 5.69 Å². The zero-order valence-corrected chi connectivity index (χ0v) is 16.8. The van der Waals surface area contributed by atoms with Gasteiger partial charge in [0, 0.05) is 16.9 Å². The predicted molar refractivity (Wildman–Crippen MR) is 115 cm³/mol. The minimum atomic E-state index is -0.622. The van der Waals surface area contributed by atoms with Crippen LogP contribution in [0, 0.1) is 5.82 Å². The number of carbonyl (C=O) groups excluding carboxylic acids is 2. The molecule has 0 saturated heterocycles. The van der Waals surface area contributed by atoms with Crippen LogP contribution in [0.2, 0.25) is 0 Å². The summed E-state index contributed by atoms with van der Waals surface area (Å²) in [5.74, 6) is -0.843. The van der Waals surface area contributed by atoms with E-state index in [-0.39, 0.29) is 24.2 Å². The Balaban J connectivity index is 1.69. The predicted octanol–water partition coefficient (Wildman–Crippen LogP) is 3.27. The minimum Gasteiger partial charge on any atom is -0.324 e. The van der Waals surface area contributed by atoms with Crippen LogP contribution in [0.1, 0.15) is 24.1 Å². The second-order valence-electron chi connectivity index (χ2n) is 6.88. The van der Waals surface area contributed by atoms with Gasteiger partial charge in [-0.2, -0.15) is 0 Å². The largest absolute Gasteiger partial charge is 0.324 e. The number of nitrogens with one attached hydrogen (secondary N) is 2. The van der Waals surface area contributed by atoms with Crippen LogP contribution >= 0.6 is 0 Å². The topological polar surface area (TPSA) is 74.8 Å². The number of rotatable bonds is 8. The summed E-state index contributed by atoms with van der Waals surface area (Å²) in [6.07, 6.45) is 0.812. The summed E-state index contributed by atoms with van der Waals surface area (Å²) in [4.78, 5) is 25.4. The fourth-order valence-electron chi connectivity index (χ4n) is 3.18. The van der Waals surface area contributed by atoms with Gasteiger partial charge < -0.3 is 16.0 Å². The van der Waals surface area contributed by atoms with Crippen LogP contribution in [0.5, 0.6) is 0 Å². The monoisotopic (exact) mass is 406 g/mol. The molecule has 1 atom stereocenters. The number of anilines is 2. The lowest BCUT2D eigenvalue weighted by atomic mass is 10.1. The van der Waals surface area contributed by atoms with Crippen molar-refractivity contribution in [1.82, 2.24) is 0 Å². The molecule has 0 aliphatic rings. The number of halogens is 1. The van der Waals surface area contributed by atoms with Crippen LogP contribution in [-0.2, 0) is 16.0 Å². The van der Waals surface area contributed by atoms with Crippen LogP contribution in [0.25, 0.3) is 0 Å². The van der Waals surface area contributed by atoms with Gasteiger partial charge in [-0.25, -0.2) is 4.39 Å². The molecule has 0 aliphatic carbocycles. The Morgan fingerprint density at radius 3 is 2.27 bits per heavy atom. The van der Waals surface area contributed by atoms with E-state index >= 15 is 0 Å². The van der Waals surface area contributed by atoms with E-state index in [0.717, 1.165) is 23.2 Å². The summed E-state index contributed by atoms with van der Waals surface area (Å²) >= 11 is 0. The number of hydrogen-bond donors (Lipinski definition) is 3. The molecular formula is C24H25FN3O2+. The third-order valence-corrected chi connectivity index (χ3v) is 4.76. The fraction of sp³-hybridized carbons (Fsp3) is 0.167. The third-order valence-electron chi connectivity index (χ3n) is 4.76. The van der Waals surface area contributed by atoms with Crippen LogP contribution < -0.4 is 16.0 Å². The summed E-state index contributed by atoms with van der Waals surface area (Å²) in [5, 5.41) is 7.40. The highest BCUT2D eigenvalue weighted by molar-refractivity contribution is 5.95. The van der Waals surface area contributed by atoms with Gasteiger partial charge in [-0.05, 0) is 42.3 Å². The zero-order valence-electron chi connectivity index (χ0n) is 16.8. The maximum absolute atomic E-state index is 13.1. The van der Waals surface area contributed by atoms with Crippen molar-refractivity contribution in [2.75, 3.05) is 17.2 Å². The first-order valence-electron chi connectivity index (χ1n) is 9.89. The molecule has 5 nitrogen and oxygen atoms in total. The SMILES string of the molecule is CCc1ccccc1NC(=O)C[NH2+][C@@H](C(=O)Nc1ccc(F)cc1)c1ccccc1. The average Bonchev–Trinajstić information content (AvgIpc) is 2.76. The summed E-state index contributed by atoms with van der Waals surface area (Å²) in [6.45, 7) is 2.11. The highest BCUT2D eigenvalue weighted by Gasteiger charge is 2.25. The van der Waals surface area contributed by atoms with Crippen molar-refractivity contribution < 1.29 is 19.3 Å². The first-order chi connectivity index (χ1) is 14.6. The van der Waals surface area contributed by atoms with Gasteiger partial charge in [0.05, 0.1) is 0 Å². The number of amides is 2. The van der Waals surface area contributed by atoms with E-state index in [4.69, 9.17) is 0 Å². The molecule has 3 aromatic carbocycles. The highest BCUT2D eigenvalue weighted by atomic mass is 19.1. The van der Waals surface area contributed by atoms with Gasteiger partial charge in [0.15, 0.2) is 12.6 Å². The van der Waals surface area contributed by atoms with Gasteiger partial charge in [-0.3, -0.25) is 9.59 Å². The van der Waals surface area contributed by atoms with Crippen molar-refractivity contribution >= 4 is 23.2 Å².